The monoisotopic (exact) mass is 342 g/mol. The van der Waals surface area contributed by atoms with Crippen molar-refractivity contribution < 1.29 is 8.42 Å². The summed E-state index contributed by atoms with van der Waals surface area (Å²) in [6, 6.07) is 13.7. The van der Waals surface area contributed by atoms with Gasteiger partial charge in [-0.15, -0.1) is 0 Å². The van der Waals surface area contributed by atoms with E-state index in [4.69, 9.17) is 0 Å². The zero-order valence-electron chi connectivity index (χ0n) is 13.1. The van der Waals surface area contributed by atoms with Crippen LogP contribution in [0.1, 0.15) is 12.0 Å². The van der Waals surface area contributed by atoms with Crippen molar-refractivity contribution in [3.8, 4) is 0 Å². The molecule has 1 fully saturated rings. The quantitative estimate of drug-likeness (QED) is 0.788. The van der Waals surface area contributed by atoms with Gasteiger partial charge in [0.25, 0.3) is 10.0 Å². The molecule has 7 heteroatoms. The molecule has 0 saturated carbocycles. The minimum Gasteiger partial charge on any atom is -0.263 e. The highest BCUT2D eigenvalue weighted by Gasteiger charge is 2.34. The van der Waals surface area contributed by atoms with Gasteiger partial charge in [-0.2, -0.15) is 9.40 Å². The molecule has 0 aliphatic carbocycles. The van der Waals surface area contributed by atoms with Crippen LogP contribution in [0.25, 0.3) is 11.0 Å². The van der Waals surface area contributed by atoms with Gasteiger partial charge in [0.1, 0.15) is 0 Å². The standard InChI is InChI=1S/C17H18N4O2S/c22-24(23,17-15-7-4-9-18-16(15)19-20-17)21-10-8-14(12-21)11-13-5-2-1-3-6-13/h1-7,9,14H,8,10-12H2,(H,18,19,20)/t14-/m0/s1. The highest BCUT2D eigenvalue weighted by atomic mass is 32.2. The molecular weight excluding hydrogens is 324 g/mol. The Morgan fingerprint density at radius 3 is 2.83 bits per heavy atom. The third-order valence-corrected chi connectivity index (χ3v) is 6.35. The maximum absolute atomic E-state index is 12.9. The second-order valence-electron chi connectivity index (χ2n) is 6.13. The number of hydrogen-bond acceptors (Lipinski definition) is 4. The first-order valence-electron chi connectivity index (χ1n) is 7.98. The lowest BCUT2D eigenvalue weighted by molar-refractivity contribution is 0.454. The van der Waals surface area contributed by atoms with E-state index in [2.05, 4.69) is 27.3 Å². The van der Waals surface area contributed by atoms with Crippen LogP contribution in [-0.2, 0) is 16.4 Å². The molecule has 3 aromatic rings. The van der Waals surface area contributed by atoms with Crippen LogP contribution in [0.3, 0.4) is 0 Å². The Labute approximate surface area is 140 Å². The Hall–Kier alpha value is -2.25. The van der Waals surface area contributed by atoms with E-state index in [0.29, 0.717) is 30.0 Å². The lowest BCUT2D eigenvalue weighted by Crippen LogP contribution is -2.29. The Morgan fingerprint density at radius 2 is 2.00 bits per heavy atom. The van der Waals surface area contributed by atoms with Crippen molar-refractivity contribution in [1.29, 1.82) is 0 Å². The van der Waals surface area contributed by atoms with E-state index >= 15 is 0 Å². The van der Waals surface area contributed by atoms with Gasteiger partial charge in [-0.3, -0.25) is 5.10 Å². The van der Waals surface area contributed by atoms with Crippen molar-refractivity contribution in [3.63, 3.8) is 0 Å². The summed E-state index contributed by atoms with van der Waals surface area (Å²) in [6.45, 7) is 1.08. The maximum Gasteiger partial charge on any atom is 0.260 e. The molecule has 0 amide bonds. The zero-order chi connectivity index (χ0) is 16.6. The fourth-order valence-corrected chi connectivity index (χ4v) is 4.89. The molecule has 4 rings (SSSR count). The molecule has 1 N–H and O–H groups in total. The molecule has 1 saturated heterocycles. The molecule has 0 bridgehead atoms. The van der Waals surface area contributed by atoms with Gasteiger partial charge in [0.2, 0.25) is 0 Å². The van der Waals surface area contributed by atoms with Crippen molar-refractivity contribution in [2.45, 2.75) is 17.9 Å². The van der Waals surface area contributed by atoms with Crippen LogP contribution in [0.5, 0.6) is 0 Å². The highest BCUT2D eigenvalue weighted by Crippen LogP contribution is 2.28. The molecule has 1 aliphatic heterocycles. The number of H-pyrrole nitrogens is 1. The van der Waals surface area contributed by atoms with E-state index in [9.17, 15) is 8.42 Å². The normalized spacial score (nSPS) is 19.1. The van der Waals surface area contributed by atoms with Gasteiger partial charge in [-0.05, 0) is 36.5 Å². The minimum atomic E-state index is -3.57. The molecule has 1 atom stereocenters. The number of aromatic nitrogens is 3. The van der Waals surface area contributed by atoms with E-state index in [1.165, 1.54) is 5.56 Å². The molecule has 0 spiro atoms. The summed E-state index contributed by atoms with van der Waals surface area (Å²) in [6.07, 6.45) is 3.38. The third-order valence-electron chi connectivity index (χ3n) is 4.51. The fraction of sp³-hybridized carbons (Fsp3) is 0.294. The lowest BCUT2D eigenvalue weighted by atomic mass is 9.99. The van der Waals surface area contributed by atoms with Crippen LogP contribution in [0.15, 0.2) is 53.7 Å². The molecule has 3 heterocycles. The first-order valence-corrected chi connectivity index (χ1v) is 9.42. The predicted molar refractivity (Wildman–Crippen MR) is 90.9 cm³/mol. The van der Waals surface area contributed by atoms with Crippen LogP contribution < -0.4 is 0 Å². The maximum atomic E-state index is 12.9. The number of nitrogens with one attached hydrogen (secondary N) is 1. The predicted octanol–water partition coefficient (Wildman–Crippen LogP) is 2.21. The summed E-state index contributed by atoms with van der Waals surface area (Å²) in [7, 11) is -3.57. The summed E-state index contributed by atoms with van der Waals surface area (Å²) >= 11 is 0. The van der Waals surface area contributed by atoms with Gasteiger partial charge in [0.05, 0.1) is 5.39 Å². The van der Waals surface area contributed by atoms with Gasteiger partial charge >= 0.3 is 0 Å². The molecule has 0 radical (unpaired) electrons. The van der Waals surface area contributed by atoms with Crippen LogP contribution in [0, 0.1) is 5.92 Å². The van der Waals surface area contributed by atoms with Crippen molar-refractivity contribution >= 4 is 21.1 Å². The van der Waals surface area contributed by atoms with Crippen LogP contribution in [0.2, 0.25) is 0 Å². The molecule has 1 aromatic carbocycles. The molecule has 2 aromatic heterocycles. The molecule has 124 valence electrons. The van der Waals surface area contributed by atoms with E-state index in [-0.39, 0.29) is 5.03 Å². The highest BCUT2D eigenvalue weighted by molar-refractivity contribution is 7.89. The van der Waals surface area contributed by atoms with Crippen LogP contribution in [-0.4, -0.2) is 41.0 Å². The van der Waals surface area contributed by atoms with Crippen LogP contribution in [0.4, 0.5) is 0 Å². The summed E-state index contributed by atoms with van der Waals surface area (Å²) in [4.78, 5) is 4.09. The first-order chi connectivity index (χ1) is 11.6. The Balaban J connectivity index is 1.55. The van der Waals surface area contributed by atoms with Gasteiger partial charge < -0.3 is 0 Å². The number of aromatic amines is 1. The second kappa shape index (κ2) is 5.99. The van der Waals surface area contributed by atoms with Gasteiger partial charge in [-0.1, -0.05) is 30.3 Å². The van der Waals surface area contributed by atoms with E-state index in [1.807, 2.05) is 18.2 Å². The Bertz CT molecular complexity index is 953. The Morgan fingerprint density at radius 1 is 1.17 bits per heavy atom. The van der Waals surface area contributed by atoms with Crippen molar-refractivity contribution in [2.75, 3.05) is 13.1 Å². The second-order valence-corrected chi connectivity index (χ2v) is 8.01. The molecule has 1 aliphatic rings. The topological polar surface area (TPSA) is 79.0 Å². The van der Waals surface area contributed by atoms with Gasteiger partial charge in [-0.25, -0.2) is 13.4 Å². The summed E-state index contributed by atoms with van der Waals surface area (Å²) < 4.78 is 27.4. The number of nitrogens with zero attached hydrogens (tertiary/aromatic N) is 3. The Kier molecular flexibility index (Phi) is 3.82. The van der Waals surface area contributed by atoms with Gasteiger partial charge in [0, 0.05) is 19.3 Å². The smallest absolute Gasteiger partial charge is 0.260 e. The van der Waals surface area contributed by atoms with Crippen molar-refractivity contribution in [2.24, 2.45) is 5.92 Å². The zero-order valence-corrected chi connectivity index (χ0v) is 13.9. The van der Waals surface area contributed by atoms with Crippen molar-refractivity contribution in [3.05, 3.63) is 54.2 Å². The number of fused-ring (bicyclic) bond motifs is 1. The first kappa shape index (κ1) is 15.3. The third kappa shape index (κ3) is 2.70. The molecule has 0 unspecified atom stereocenters. The van der Waals surface area contributed by atoms with E-state index < -0.39 is 10.0 Å². The summed E-state index contributed by atoms with van der Waals surface area (Å²) in [5.74, 6) is 0.342. The molecular formula is C17H18N4O2S. The number of pyridine rings is 1. The number of rotatable bonds is 4. The lowest BCUT2D eigenvalue weighted by Gasteiger charge is -2.15. The average molecular weight is 342 g/mol. The van der Waals surface area contributed by atoms with Crippen molar-refractivity contribution in [1.82, 2.24) is 19.5 Å². The SMILES string of the molecule is O=S(=O)(c1[nH]nc2ncccc12)N1CC[C@@H](Cc2ccccc2)C1. The largest absolute Gasteiger partial charge is 0.263 e. The molecule has 24 heavy (non-hydrogen) atoms. The average Bonchev–Trinajstić information content (AvgIpc) is 3.23. The van der Waals surface area contributed by atoms with Gasteiger partial charge in [0.15, 0.2) is 10.7 Å². The van der Waals surface area contributed by atoms with E-state index in [1.54, 1.807) is 22.6 Å². The number of hydrogen-bond donors (Lipinski definition) is 1. The van der Waals surface area contributed by atoms with E-state index in [0.717, 1.165) is 12.8 Å². The summed E-state index contributed by atoms with van der Waals surface area (Å²) in [5.41, 5.74) is 1.68. The van der Waals surface area contributed by atoms with Crippen LogP contribution >= 0.6 is 0 Å². The molecule has 6 nitrogen and oxygen atoms in total. The number of sulfonamides is 1. The summed E-state index contributed by atoms with van der Waals surface area (Å²) in [5, 5.41) is 7.34. The number of benzene rings is 1. The minimum absolute atomic E-state index is 0.144. The fourth-order valence-electron chi connectivity index (χ4n) is 3.28.